The van der Waals surface area contributed by atoms with E-state index in [1.54, 1.807) is 12.1 Å². The lowest BCUT2D eigenvalue weighted by Crippen LogP contribution is -2.47. The highest BCUT2D eigenvalue weighted by molar-refractivity contribution is 6.01. The van der Waals surface area contributed by atoms with E-state index in [9.17, 15) is 9.59 Å². The van der Waals surface area contributed by atoms with Crippen molar-refractivity contribution in [3.8, 4) is 0 Å². The molecular weight excluding hydrogens is 208 g/mol. The first-order chi connectivity index (χ1) is 7.65. The third-order valence-electron chi connectivity index (χ3n) is 2.35. The predicted molar refractivity (Wildman–Crippen MR) is 58.4 cm³/mol. The van der Waals surface area contributed by atoms with Gasteiger partial charge in [-0.2, -0.15) is 0 Å². The van der Waals surface area contributed by atoms with Crippen LogP contribution in [-0.4, -0.2) is 22.8 Å². The highest BCUT2D eigenvalue weighted by Crippen LogP contribution is 2.12. The SMILES string of the molecule is Nc1ccc(NC2CCC(=O)NC2=O)nc1. The van der Waals surface area contributed by atoms with Gasteiger partial charge in [0.15, 0.2) is 0 Å². The van der Waals surface area contributed by atoms with Crippen LogP contribution in [0.4, 0.5) is 11.5 Å². The number of nitrogen functional groups attached to an aromatic ring is 1. The molecule has 1 unspecified atom stereocenters. The number of pyridine rings is 1. The normalized spacial score (nSPS) is 20.4. The Labute approximate surface area is 92.2 Å². The summed E-state index contributed by atoms with van der Waals surface area (Å²) in [5, 5.41) is 5.22. The van der Waals surface area contributed by atoms with Gasteiger partial charge in [-0.15, -0.1) is 0 Å². The molecule has 1 aliphatic heterocycles. The summed E-state index contributed by atoms with van der Waals surface area (Å²) in [6.07, 6.45) is 2.34. The maximum absolute atomic E-state index is 11.4. The predicted octanol–water partition coefficient (Wildman–Crippen LogP) is -0.119. The van der Waals surface area contributed by atoms with Gasteiger partial charge in [-0.05, 0) is 18.6 Å². The first kappa shape index (κ1) is 10.4. The minimum absolute atomic E-state index is 0.228. The molecule has 2 rings (SSSR count). The van der Waals surface area contributed by atoms with Crippen LogP contribution in [0, 0.1) is 0 Å². The lowest BCUT2D eigenvalue weighted by atomic mass is 10.1. The first-order valence-corrected chi connectivity index (χ1v) is 4.97. The molecule has 0 aliphatic carbocycles. The summed E-state index contributed by atoms with van der Waals surface area (Å²) in [4.78, 5) is 26.4. The summed E-state index contributed by atoms with van der Waals surface area (Å²) in [6.45, 7) is 0. The number of anilines is 2. The van der Waals surface area contributed by atoms with E-state index in [1.165, 1.54) is 6.20 Å². The fraction of sp³-hybridized carbons (Fsp3) is 0.300. The maximum atomic E-state index is 11.4. The van der Waals surface area contributed by atoms with Crippen LogP contribution in [0.1, 0.15) is 12.8 Å². The fourth-order valence-corrected chi connectivity index (χ4v) is 1.50. The quantitative estimate of drug-likeness (QED) is 0.604. The molecule has 2 heterocycles. The Morgan fingerprint density at radius 3 is 2.88 bits per heavy atom. The number of carbonyl (C=O) groups excluding carboxylic acids is 2. The second kappa shape index (κ2) is 4.18. The van der Waals surface area contributed by atoms with E-state index in [0.717, 1.165) is 0 Å². The minimum Gasteiger partial charge on any atom is -0.397 e. The molecule has 1 aliphatic rings. The molecule has 0 spiro atoms. The van der Waals surface area contributed by atoms with Gasteiger partial charge in [0, 0.05) is 6.42 Å². The van der Waals surface area contributed by atoms with Gasteiger partial charge in [0.25, 0.3) is 0 Å². The molecule has 1 aromatic heterocycles. The number of rotatable bonds is 2. The molecule has 16 heavy (non-hydrogen) atoms. The van der Waals surface area contributed by atoms with Gasteiger partial charge in [0.2, 0.25) is 11.8 Å². The molecule has 0 radical (unpaired) electrons. The number of nitrogens with zero attached hydrogens (tertiary/aromatic N) is 1. The average Bonchev–Trinajstić information content (AvgIpc) is 2.25. The molecule has 4 N–H and O–H groups in total. The van der Waals surface area contributed by atoms with Crippen molar-refractivity contribution in [2.75, 3.05) is 11.1 Å². The Morgan fingerprint density at radius 2 is 2.25 bits per heavy atom. The Bertz CT molecular complexity index is 415. The largest absolute Gasteiger partial charge is 0.397 e. The fourth-order valence-electron chi connectivity index (χ4n) is 1.50. The van der Waals surface area contributed by atoms with Crippen LogP contribution in [0.25, 0.3) is 0 Å². The number of hydrogen-bond donors (Lipinski definition) is 3. The summed E-state index contributed by atoms with van der Waals surface area (Å²) in [7, 11) is 0. The number of aromatic nitrogens is 1. The zero-order chi connectivity index (χ0) is 11.5. The Balaban J connectivity index is 2.02. The van der Waals surface area contributed by atoms with Gasteiger partial charge in [0.1, 0.15) is 11.9 Å². The number of carbonyl (C=O) groups is 2. The van der Waals surface area contributed by atoms with Crippen LogP contribution in [0.15, 0.2) is 18.3 Å². The number of imide groups is 1. The maximum Gasteiger partial charge on any atom is 0.249 e. The Hall–Kier alpha value is -2.11. The van der Waals surface area contributed by atoms with Crippen LogP contribution in [0.2, 0.25) is 0 Å². The van der Waals surface area contributed by atoms with Gasteiger partial charge in [0.05, 0.1) is 11.9 Å². The van der Waals surface area contributed by atoms with E-state index in [4.69, 9.17) is 5.73 Å². The molecular formula is C10H12N4O2. The third-order valence-corrected chi connectivity index (χ3v) is 2.35. The van der Waals surface area contributed by atoms with Crippen molar-refractivity contribution >= 4 is 23.3 Å². The third kappa shape index (κ3) is 2.28. The molecule has 6 nitrogen and oxygen atoms in total. The van der Waals surface area contributed by atoms with E-state index in [0.29, 0.717) is 24.3 Å². The molecule has 1 atom stereocenters. The van der Waals surface area contributed by atoms with Crippen molar-refractivity contribution in [3.05, 3.63) is 18.3 Å². The molecule has 0 aromatic carbocycles. The van der Waals surface area contributed by atoms with E-state index in [-0.39, 0.29) is 11.8 Å². The molecule has 2 amide bonds. The van der Waals surface area contributed by atoms with Gasteiger partial charge in [-0.1, -0.05) is 0 Å². The van der Waals surface area contributed by atoms with Crippen LogP contribution in [0.5, 0.6) is 0 Å². The standard InChI is InChI=1S/C10H12N4O2/c11-6-1-3-8(12-5-6)13-7-2-4-9(15)14-10(7)16/h1,3,5,7H,2,4,11H2,(H,12,13)(H,14,15,16). The van der Waals surface area contributed by atoms with Crippen LogP contribution in [0.3, 0.4) is 0 Å². The summed E-state index contributed by atoms with van der Waals surface area (Å²) in [5.74, 6) is 0.0342. The summed E-state index contributed by atoms with van der Waals surface area (Å²) in [5.41, 5.74) is 6.05. The monoisotopic (exact) mass is 220 g/mol. The topological polar surface area (TPSA) is 97.1 Å². The molecule has 1 fully saturated rings. The number of hydrogen-bond acceptors (Lipinski definition) is 5. The molecule has 1 aromatic rings. The first-order valence-electron chi connectivity index (χ1n) is 4.97. The van der Waals surface area contributed by atoms with Gasteiger partial charge in [-0.25, -0.2) is 4.98 Å². The Morgan fingerprint density at radius 1 is 1.44 bits per heavy atom. The highest BCUT2D eigenvalue weighted by atomic mass is 16.2. The molecule has 0 bridgehead atoms. The number of piperidine rings is 1. The van der Waals surface area contributed by atoms with Gasteiger partial charge >= 0.3 is 0 Å². The molecule has 84 valence electrons. The summed E-state index contributed by atoms with van der Waals surface area (Å²) < 4.78 is 0. The number of amides is 2. The van der Waals surface area contributed by atoms with E-state index in [2.05, 4.69) is 15.6 Å². The second-order valence-corrected chi connectivity index (χ2v) is 3.62. The average molecular weight is 220 g/mol. The molecule has 0 saturated carbocycles. The van der Waals surface area contributed by atoms with Crippen LogP contribution < -0.4 is 16.4 Å². The van der Waals surface area contributed by atoms with E-state index >= 15 is 0 Å². The van der Waals surface area contributed by atoms with E-state index in [1.807, 2.05) is 0 Å². The van der Waals surface area contributed by atoms with E-state index < -0.39 is 6.04 Å². The Kier molecular flexibility index (Phi) is 2.72. The van der Waals surface area contributed by atoms with Crippen molar-refractivity contribution in [1.29, 1.82) is 0 Å². The van der Waals surface area contributed by atoms with Crippen molar-refractivity contribution in [2.45, 2.75) is 18.9 Å². The minimum atomic E-state index is -0.408. The number of nitrogens with one attached hydrogen (secondary N) is 2. The van der Waals surface area contributed by atoms with Crippen molar-refractivity contribution in [3.63, 3.8) is 0 Å². The lowest BCUT2D eigenvalue weighted by molar-refractivity contribution is -0.133. The second-order valence-electron chi connectivity index (χ2n) is 3.62. The van der Waals surface area contributed by atoms with Crippen LogP contribution >= 0.6 is 0 Å². The van der Waals surface area contributed by atoms with Crippen LogP contribution in [-0.2, 0) is 9.59 Å². The van der Waals surface area contributed by atoms with Crippen molar-refractivity contribution in [1.82, 2.24) is 10.3 Å². The highest BCUT2D eigenvalue weighted by Gasteiger charge is 2.26. The molecule has 1 saturated heterocycles. The summed E-state index contributed by atoms with van der Waals surface area (Å²) in [6, 6.07) is 2.98. The van der Waals surface area contributed by atoms with Crippen molar-refractivity contribution < 1.29 is 9.59 Å². The zero-order valence-corrected chi connectivity index (χ0v) is 8.56. The lowest BCUT2D eigenvalue weighted by Gasteiger charge is -2.22. The number of nitrogens with two attached hydrogens (primary N) is 1. The zero-order valence-electron chi connectivity index (χ0n) is 8.56. The van der Waals surface area contributed by atoms with Crippen molar-refractivity contribution in [2.24, 2.45) is 0 Å². The smallest absolute Gasteiger partial charge is 0.249 e. The van der Waals surface area contributed by atoms with Gasteiger partial charge < -0.3 is 11.1 Å². The van der Waals surface area contributed by atoms with Gasteiger partial charge in [-0.3, -0.25) is 14.9 Å². The summed E-state index contributed by atoms with van der Waals surface area (Å²) >= 11 is 0. The molecule has 6 heteroatoms.